The van der Waals surface area contributed by atoms with Gasteiger partial charge in [-0.3, -0.25) is 14.9 Å². The number of nitrogens with one attached hydrogen (secondary N) is 1. The summed E-state index contributed by atoms with van der Waals surface area (Å²) in [6, 6.07) is 11.3. The van der Waals surface area contributed by atoms with Gasteiger partial charge in [0, 0.05) is 18.2 Å². The van der Waals surface area contributed by atoms with Crippen LogP contribution in [0.3, 0.4) is 0 Å². The Balaban J connectivity index is 1.67. The molecule has 2 aromatic rings. The third-order valence-electron chi connectivity index (χ3n) is 3.14. The highest BCUT2D eigenvalue weighted by Gasteiger charge is 2.16. The van der Waals surface area contributed by atoms with Gasteiger partial charge in [0.1, 0.15) is 18.1 Å². The van der Waals surface area contributed by atoms with Crippen LogP contribution < -0.4 is 14.8 Å². The molecular formula is C15H12N2O5. The van der Waals surface area contributed by atoms with Crippen LogP contribution in [0.25, 0.3) is 0 Å². The Morgan fingerprint density at radius 2 is 2.00 bits per heavy atom. The van der Waals surface area contributed by atoms with E-state index in [2.05, 4.69) is 5.32 Å². The maximum atomic E-state index is 11.3. The molecule has 0 fully saturated rings. The minimum atomic E-state index is -0.448. The number of nitro benzene ring substituents is 1. The second kappa shape index (κ2) is 5.72. The fourth-order valence-corrected chi connectivity index (χ4v) is 2.03. The van der Waals surface area contributed by atoms with E-state index < -0.39 is 4.92 Å². The van der Waals surface area contributed by atoms with E-state index in [1.54, 1.807) is 30.3 Å². The molecule has 2 aromatic carbocycles. The van der Waals surface area contributed by atoms with Crippen molar-refractivity contribution in [2.45, 2.75) is 6.61 Å². The number of hydrogen-bond acceptors (Lipinski definition) is 5. The Bertz CT molecular complexity index is 727. The number of ether oxygens (including phenoxy) is 2. The fourth-order valence-electron chi connectivity index (χ4n) is 2.03. The summed E-state index contributed by atoms with van der Waals surface area (Å²) in [6.45, 7) is 0.279. The molecule has 0 atom stereocenters. The minimum Gasteiger partial charge on any atom is -0.489 e. The second-order valence-electron chi connectivity index (χ2n) is 4.71. The van der Waals surface area contributed by atoms with Gasteiger partial charge in [-0.2, -0.15) is 0 Å². The number of amides is 1. The van der Waals surface area contributed by atoms with Crippen molar-refractivity contribution in [3.8, 4) is 11.5 Å². The first-order valence-corrected chi connectivity index (χ1v) is 6.54. The summed E-state index contributed by atoms with van der Waals surface area (Å²) < 4.78 is 10.9. The highest BCUT2D eigenvalue weighted by molar-refractivity contribution is 5.95. The van der Waals surface area contributed by atoms with Crippen LogP contribution in [0.4, 0.5) is 11.4 Å². The largest absolute Gasteiger partial charge is 0.489 e. The van der Waals surface area contributed by atoms with Gasteiger partial charge in [0.25, 0.3) is 11.6 Å². The molecule has 0 saturated heterocycles. The van der Waals surface area contributed by atoms with Gasteiger partial charge in [-0.15, -0.1) is 0 Å². The van der Waals surface area contributed by atoms with E-state index in [1.807, 2.05) is 0 Å². The SMILES string of the molecule is O=C1COc2ccc(OCc3ccc([N+](=O)[O-])cc3)cc2N1. The summed E-state index contributed by atoms with van der Waals surface area (Å²) in [6.07, 6.45) is 0. The first-order chi connectivity index (χ1) is 10.6. The molecule has 0 saturated carbocycles. The van der Waals surface area contributed by atoms with Crippen molar-refractivity contribution < 1.29 is 19.2 Å². The summed E-state index contributed by atoms with van der Waals surface area (Å²) in [4.78, 5) is 21.4. The lowest BCUT2D eigenvalue weighted by Crippen LogP contribution is -2.25. The summed E-state index contributed by atoms with van der Waals surface area (Å²) in [7, 11) is 0. The standard InChI is InChI=1S/C15H12N2O5/c18-15-9-22-14-6-5-12(7-13(14)16-15)21-8-10-1-3-11(4-2-10)17(19)20/h1-7H,8-9H2,(H,16,18). The predicted molar refractivity (Wildman–Crippen MR) is 78.0 cm³/mol. The molecule has 0 spiro atoms. The van der Waals surface area contributed by atoms with Crippen molar-refractivity contribution in [3.63, 3.8) is 0 Å². The number of benzene rings is 2. The molecular weight excluding hydrogens is 288 g/mol. The first kappa shape index (κ1) is 13.9. The van der Waals surface area contributed by atoms with Gasteiger partial charge < -0.3 is 14.8 Å². The normalized spacial score (nSPS) is 12.8. The number of nitrogens with zero attached hydrogens (tertiary/aromatic N) is 1. The van der Waals surface area contributed by atoms with Crippen LogP contribution in [0.1, 0.15) is 5.56 Å². The van der Waals surface area contributed by atoms with Crippen LogP contribution in [-0.2, 0) is 11.4 Å². The zero-order valence-corrected chi connectivity index (χ0v) is 11.4. The number of nitro groups is 1. The fraction of sp³-hybridized carbons (Fsp3) is 0.133. The maximum absolute atomic E-state index is 11.3. The number of hydrogen-bond donors (Lipinski definition) is 1. The number of carbonyl (C=O) groups excluding carboxylic acids is 1. The van der Waals surface area contributed by atoms with Crippen molar-refractivity contribution in [1.82, 2.24) is 0 Å². The van der Waals surface area contributed by atoms with Gasteiger partial charge in [-0.05, 0) is 29.8 Å². The molecule has 3 rings (SSSR count). The number of fused-ring (bicyclic) bond motifs is 1. The van der Waals surface area contributed by atoms with Gasteiger partial charge >= 0.3 is 0 Å². The van der Waals surface area contributed by atoms with Crippen molar-refractivity contribution >= 4 is 17.3 Å². The molecule has 22 heavy (non-hydrogen) atoms. The van der Waals surface area contributed by atoms with E-state index in [0.717, 1.165) is 5.56 Å². The number of non-ortho nitro benzene ring substituents is 1. The van der Waals surface area contributed by atoms with E-state index >= 15 is 0 Å². The van der Waals surface area contributed by atoms with E-state index in [-0.39, 0.29) is 24.8 Å². The Morgan fingerprint density at radius 3 is 2.73 bits per heavy atom. The number of carbonyl (C=O) groups is 1. The molecule has 7 nitrogen and oxygen atoms in total. The molecule has 0 unspecified atom stereocenters. The van der Waals surface area contributed by atoms with Gasteiger partial charge in [0.05, 0.1) is 10.6 Å². The smallest absolute Gasteiger partial charge is 0.269 e. The zero-order valence-electron chi connectivity index (χ0n) is 11.4. The molecule has 112 valence electrons. The highest BCUT2D eigenvalue weighted by atomic mass is 16.6. The molecule has 0 aromatic heterocycles. The lowest BCUT2D eigenvalue weighted by molar-refractivity contribution is -0.384. The molecule has 0 bridgehead atoms. The second-order valence-corrected chi connectivity index (χ2v) is 4.71. The number of anilines is 1. The molecule has 1 aliphatic rings. The molecule has 7 heteroatoms. The highest BCUT2D eigenvalue weighted by Crippen LogP contribution is 2.31. The van der Waals surface area contributed by atoms with Crippen LogP contribution in [-0.4, -0.2) is 17.4 Å². The molecule has 0 radical (unpaired) electrons. The van der Waals surface area contributed by atoms with Gasteiger partial charge in [-0.1, -0.05) is 0 Å². The molecule has 1 aliphatic heterocycles. The van der Waals surface area contributed by atoms with Crippen molar-refractivity contribution in [1.29, 1.82) is 0 Å². The lowest BCUT2D eigenvalue weighted by Gasteiger charge is -2.18. The Morgan fingerprint density at radius 1 is 1.23 bits per heavy atom. The maximum Gasteiger partial charge on any atom is 0.269 e. The quantitative estimate of drug-likeness (QED) is 0.692. The summed E-state index contributed by atoms with van der Waals surface area (Å²) in [5, 5.41) is 13.3. The molecule has 1 N–H and O–H groups in total. The molecule has 0 aliphatic carbocycles. The topological polar surface area (TPSA) is 90.7 Å². The third-order valence-corrected chi connectivity index (χ3v) is 3.14. The summed E-state index contributed by atoms with van der Waals surface area (Å²) in [5.74, 6) is 0.963. The van der Waals surface area contributed by atoms with E-state index in [4.69, 9.17) is 9.47 Å². The van der Waals surface area contributed by atoms with Crippen molar-refractivity contribution in [3.05, 3.63) is 58.1 Å². The van der Waals surface area contributed by atoms with Gasteiger partial charge in [0.2, 0.25) is 0 Å². The van der Waals surface area contributed by atoms with E-state index in [0.29, 0.717) is 17.2 Å². The molecule has 1 heterocycles. The lowest BCUT2D eigenvalue weighted by atomic mass is 10.2. The van der Waals surface area contributed by atoms with E-state index in [1.165, 1.54) is 12.1 Å². The van der Waals surface area contributed by atoms with Crippen LogP contribution in [0.15, 0.2) is 42.5 Å². The van der Waals surface area contributed by atoms with Crippen molar-refractivity contribution in [2.24, 2.45) is 0 Å². The molecule has 1 amide bonds. The third kappa shape index (κ3) is 2.98. The predicted octanol–water partition coefficient (Wildman–Crippen LogP) is 2.50. The van der Waals surface area contributed by atoms with Gasteiger partial charge in [0.15, 0.2) is 6.61 Å². The van der Waals surface area contributed by atoms with Crippen molar-refractivity contribution in [2.75, 3.05) is 11.9 Å². The van der Waals surface area contributed by atoms with Gasteiger partial charge in [-0.25, -0.2) is 0 Å². The van der Waals surface area contributed by atoms with E-state index in [9.17, 15) is 14.9 Å². The van der Waals surface area contributed by atoms with Crippen LogP contribution in [0, 0.1) is 10.1 Å². The first-order valence-electron chi connectivity index (χ1n) is 6.54. The van der Waals surface area contributed by atoms with Crippen LogP contribution >= 0.6 is 0 Å². The zero-order chi connectivity index (χ0) is 15.5. The van der Waals surface area contributed by atoms with Crippen LogP contribution in [0.5, 0.6) is 11.5 Å². The minimum absolute atomic E-state index is 0.00992. The monoisotopic (exact) mass is 300 g/mol. The average Bonchev–Trinajstić information content (AvgIpc) is 2.53. The summed E-state index contributed by atoms with van der Waals surface area (Å²) >= 11 is 0. The van der Waals surface area contributed by atoms with Crippen LogP contribution in [0.2, 0.25) is 0 Å². The Labute approximate surface area is 125 Å². The average molecular weight is 300 g/mol. The Kier molecular flexibility index (Phi) is 3.61. The summed E-state index contributed by atoms with van der Waals surface area (Å²) in [5.41, 5.74) is 1.42. The number of rotatable bonds is 4. The Hall–Kier alpha value is -3.09.